The lowest BCUT2D eigenvalue weighted by Crippen LogP contribution is -2.30. The standard InChI is InChI=1S/C12H26ClN/c1-4-7-8-9-10-11-12(13)14(5-2)6-3/h12H,4-11H2,1-3H3. The molecule has 0 bridgehead atoms. The summed E-state index contributed by atoms with van der Waals surface area (Å²) in [5.74, 6) is 0. The SMILES string of the molecule is CCCCCCCC(Cl)N(CC)CC. The Bertz CT molecular complexity index is 113. The first kappa shape index (κ1) is 14.2. The van der Waals surface area contributed by atoms with E-state index in [1.807, 2.05) is 0 Å². The molecule has 0 fully saturated rings. The molecule has 14 heavy (non-hydrogen) atoms. The summed E-state index contributed by atoms with van der Waals surface area (Å²) in [6.07, 6.45) is 7.84. The average molecular weight is 220 g/mol. The molecule has 1 unspecified atom stereocenters. The lowest BCUT2D eigenvalue weighted by Gasteiger charge is -2.24. The monoisotopic (exact) mass is 219 g/mol. The average Bonchev–Trinajstić information content (AvgIpc) is 2.19. The molecule has 2 heteroatoms. The molecule has 0 rings (SSSR count). The molecule has 0 amide bonds. The maximum absolute atomic E-state index is 6.29. The van der Waals surface area contributed by atoms with Gasteiger partial charge in [-0.15, -0.1) is 11.6 Å². The van der Waals surface area contributed by atoms with Crippen LogP contribution in [-0.2, 0) is 0 Å². The van der Waals surface area contributed by atoms with Crippen LogP contribution in [0.4, 0.5) is 0 Å². The van der Waals surface area contributed by atoms with Gasteiger partial charge in [-0.3, -0.25) is 4.90 Å². The lowest BCUT2D eigenvalue weighted by molar-refractivity contribution is 0.264. The quantitative estimate of drug-likeness (QED) is 0.318. The number of rotatable bonds is 9. The summed E-state index contributed by atoms with van der Waals surface area (Å²) >= 11 is 6.29. The van der Waals surface area contributed by atoms with Gasteiger partial charge >= 0.3 is 0 Å². The molecule has 0 saturated heterocycles. The van der Waals surface area contributed by atoms with Gasteiger partial charge in [0.05, 0.1) is 5.50 Å². The Balaban J connectivity index is 3.37. The smallest absolute Gasteiger partial charge is 0.0850 e. The van der Waals surface area contributed by atoms with Crippen molar-refractivity contribution in [3.8, 4) is 0 Å². The molecule has 0 aliphatic carbocycles. The van der Waals surface area contributed by atoms with Crippen molar-refractivity contribution in [2.75, 3.05) is 13.1 Å². The van der Waals surface area contributed by atoms with Crippen LogP contribution in [0.2, 0.25) is 0 Å². The van der Waals surface area contributed by atoms with Crippen molar-refractivity contribution in [3.63, 3.8) is 0 Å². The Morgan fingerprint density at radius 3 is 2.00 bits per heavy atom. The second-order valence-corrected chi connectivity index (χ2v) is 4.36. The highest BCUT2D eigenvalue weighted by molar-refractivity contribution is 6.20. The second-order valence-electron chi connectivity index (χ2n) is 3.86. The number of hydrogen-bond donors (Lipinski definition) is 0. The number of alkyl halides is 1. The van der Waals surface area contributed by atoms with Crippen molar-refractivity contribution < 1.29 is 0 Å². The predicted molar refractivity (Wildman–Crippen MR) is 65.9 cm³/mol. The van der Waals surface area contributed by atoms with Crippen molar-refractivity contribution >= 4 is 11.6 Å². The molecule has 0 aromatic heterocycles. The highest BCUT2D eigenvalue weighted by Gasteiger charge is 2.10. The second kappa shape index (κ2) is 9.79. The number of halogens is 1. The van der Waals surface area contributed by atoms with Crippen molar-refractivity contribution in [2.45, 2.75) is 64.8 Å². The summed E-state index contributed by atoms with van der Waals surface area (Å²) in [5.41, 5.74) is 0.256. The first-order valence-electron chi connectivity index (χ1n) is 6.14. The van der Waals surface area contributed by atoms with Gasteiger partial charge in [-0.25, -0.2) is 0 Å². The third-order valence-corrected chi connectivity index (χ3v) is 3.25. The van der Waals surface area contributed by atoms with Crippen LogP contribution in [0.15, 0.2) is 0 Å². The normalized spacial score (nSPS) is 13.5. The van der Waals surface area contributed by atoms with E-state index in [0.29, 0.717) is 0 Å². The van der Waals surface area contributed by atoms with Crippen molar-refractivity contribution in [1.29, 1.82) is 0 Å². The molecular weight excluding hydrogens is 194 g/mol. The molecule has 0 aromatic carbocycles. The zero-order chi connectivity index (χ0) is 10.8. The lowest BCUT2D eigenvalue weighted by atomic mass is 10.1. The summed E-state index contributed by atoms with van der Waals surface area (Å²) in [6, 6.07) is 0. The molecule has 0 saturated carbocycles. The van der Waals surface area contributed by atoms with Crippen molar-refractivity contribution in [2.24, 2.45) is 0 Å². The minimum atomic E-state index is 0.256. The van der Waals surface area contributed by atoms with E-state index in [1.165, 1.54) is 32.1 Å². The van der Waals surface area contributed by atoms with Gasteiger partial charge < -0.3 is 0 Å². The van der Waals surface area contributed by atoms with E-state index in [9.17, 15) is 0 Å². The minimum absolute atomic E-state index is 0.256. The van der Waals surface area contributed by atoms with Crippen LogP contribution in [0, 0.1) is 0 Å². The fourth-order valence-electron chi connectivity index (χ4n) is 1.72. The number of hydrogen-bond acceptors (Lipinski definition) is 1. The molecule has 0 aliphatic heterocycles. The molecule has 0 radical (unpaired) electrons. The minimum Gasteiger partial charge on any atom is -0.288 e. The van der Waals surface area contributed by atoms with Crippen LogP contribution in [0.1, 0.15) is 59.3 Å². The van der Waals surface area contributed by atoms with Crippen LogP contribution in [-0.4, -0.2) is 23.5 Å². The fraction of sp³-hybridized carbons (Fsp3) is 1.00. The third kappa shape index (κ3) is 6.67. The molecule has 0 N–H and O–H groups in total. The first-order valence-corrected chi connectivity index (χ1v) is 6.57. The summed E-state index contributed by atoms with van der Waals surface area (Å²) in [4.78, 5) is 2.32. The van der Waals surface area contributed by atoms with Gasteiger partial charge in [0.25, 0.3) is 0 Å². The van der Waals surface area contributed by atoms with E-state index in [4.69, 9.17) is 11.6 Å². The summed E-state index contributed by atoms with van der Waals surface area (Å²) < 4.78 is 0. The van der Waals surface area contributed by atoms with Gasteiger partial charge in [0.15, 0.2) is 0 Å². The Morgan fingerprint density at radius 2 is 1.50 bits per heavy atom. The maximum Gasteiger partial charge on any atom is 0.0850 e. The molecule has 0 heterocycles. The van der Waals surface area contributed by atoms with Crippen LogP contribution < -0.4 is 0 Å². The van der Waals surface area contributed by atoms with Gasteiger partial charge in [-0.1, -0.05) is 52.9 Å². The summed E-state index contributed by atoms with van der Waals surface area (Å²) in [6.45, 7) is 8.74. The van der Waals surface area contributed by atoms with E-state index in [0.717, 1.165) is 19.5 Å². The molecule has 1 nitrogen and oxygen atoms in total. The Kier molecular flexibility index (Phi) is 9.97. The predicted octanol–water partition coefficient (Wildman–Crippen LogP) is 4.25. The Hall–Kier alpha value is 0.250. The third-order valence-electron chi connectivity index (χ3n) is 2.75. The zero-order valence-corrected chi connectivity index (χ0v) is 10.8. The molecular formula is C12H26ClN. The summed E-state index contributed by atoms with van der Waals surface area (Å²) in [5, 5.41) is 0. The maximum atomic E-state index is 6.29. The van der Waals surface area contributed by atoms with Gasteiger partial charge in [0.1, 0.15) is 0 Å². The van der Waals surface area contributed by atoms with E-state index < -0.39 is 0 Å². The molecule has 0 aromatic rings. The van der Waals surface area contributed by atoms with Crippen LogP contribution in [0.3, 0.4) is 0 Å². The molecule has 0 aliphatic rings. The van der Waals surface area contributed by atoms with Gasteiger partial charge in [-0.05, 0) is 19.5 Å². The molecule has 1 atom stereocenters. The van der Waals surface area contributed by atoms with Crippen molar-refractivity contribution in [1.82, 2.24) is 4.90 Å². The topological polar surface area (TPSA) is 3.24 Å². The Morgan fingerprint density at radius 1 is 0.929 bits per heavy atom. The largest absolute Gasteiger partial charge is 0.288 e. The van der Waals surface area contributed by atoms with Gasteiger partial charge in [0.2, 0.25) is 0 Å². The molecule has 0 spiro atoms. The highest BCUT2D eigenvalue weighted by atomic mass is 35.5. The fourth-order valence-corrected chi connectivity index (χ4v) is 2.15. The van der Waals surface area contributed by atoms with E-state index in [2.05, 4.69) is 25.7 Å². The van der Waals surface area contributed by atoms with Crippen LogP contribution in [0.25, 0.3) is 0 Å². The summed E-state index contributed by atoms with van der Waals surface area (Å²) in [7, 11) is 0. The molecule has 86 valence electrons. The van der Waals surface area contributed by atoms with Crippen LogP contribution in [0.5, 0.6) is 0 Å². The van der Waals surface area contributed by atoms with E-state index >= 15 is 0 Å². The number of unbranched alkanes of at least 4 members (excludes halogenated alkanes) is 4. The van der Waals surface area contributed by atoms with Crippen LogP contribution >= 0.6 is 11.6 Å². The van der Waals surface area contributed by atoms with E-state index in [1.54, 1.807) is 0 Å². The number of nitrogens with zero attached hydrogens (tertiary/aromatic N) is 1. The first-order chi connectivity index (χ1) is 6.76. The highest BCUT2D eigenvalue weighted by Crippen LogP contribution is 2.14. The van der Waals surface area contributed by atoms with Gasteiger partial charge in [-0.2, -0.15) is 0 Å². The zero-order valence-electron chi connectivity index (χ0n) is 10.1. The van der Waals surface area contributed by atoms with Gasteiger partial charge in [0, 0.05) is 0 Å². The Labute approximate surface area is 94.8 Å². The van der Waals surface area contributed by atoms with E-state index in [-0.39, 0.29) is 5.50 Å². The van der Waals surface area contributed by atoms with Crippen molar-refractivity contribution in [3.05, 3.63) is 0 Å².